The second kappa shape index (κ2) is 68.1. The number of hydrogen-bond donors (Lipinski definition) is 0. The number of unbranched alkanes of at least 4 members (excludes halogenated alkanes) is 18. The van der Waals surface area contributed by atoms with Gasteiger partial charge in [0.05, 0.1) is 184 Å². The van der Waals surface area contributed by atoms with Crippen LogP contribution in [0.4, 0.5) is 0 Å². The minimum atomic E-state index is 0.402. The molecule has 0 aromatic rings. The van der Waals surface area contributed by atoms with E-state index in [-0.39, 0.29) is 0 Å². The van der Waals surface area contributed by atoms with Crippen molar-refractivity contribution in [3.05, 3.63) is 0 Å². The Hall–Kier alpha value is -0.800. The monoisotopic (exact) mass is 1950 g/mol. The lowest BCUT2D eigenvalue weighted by atomic mass is 9.44. The highest BCUT2D eigenvalue weighted by Crippen LogP contribution is 2.71. The second-order valence-electron chi connectivity index (χ2n) is 48.4. The Kier molecular flexibility index (Phi) is 58.0. The standard InChI is InChI=1S/C118H222N6O14/c1-99(2)33-31-35-101(5)109-41-43-111-107-39-37-103-97-105(45-49-115(103,7)113(107)47-51-117(109,111)9)137-83-69-123-65-79-133-93-89-129-75-61-121(62-76-130-90-94-134-80-66-123)55-29-25-21-17-13-11-15-19-23-27-53-119-57-71-125-85-87-127-73-59-120(60-74-128-88-86-126-72-58-119)54-28-24-20-16-12-14-18-22-26-30-56-122-63-77-131-91-95-135-81-67-124(68-82-136-96-92-132-78-64-122)70-84-138-106-46-50-116(8)104(98-106)38-40-108-112-44-42-110(102(6)36-32-34-100(3)4)118(112,10)52-48-114(108)116/h99-114H,11-98H2,1-10H3/t101-,102-,103?,104?,105?,106?,107+,108+,109-,110-,111+,112+,113+,114+,115+,116+,117-,118-/m1/s1. The lowest BCUT2D eigenvalue weighted by Crippen LogP contribution is -2.54. The van der Waals surface area contributed by atoms with Crippen molar-refractivity contribution in [2.45, 2.75) is 364 Å². The molecule has 3 heterocycles. The van der Waals surface area contributed by atoms with Crippen molar-refractivity contribution >= 4 is 0 Å². The summed E-state index contributed by atoms with van der Waals surface area (Å²) in [6.45, 7) is 61.1. The summed E-state index contributed by atoms with van der Waals surface area (Å²) in [5.74, 6) is 12.6. The molecule has 11 aliphatic rings. The third-order valence-corrected chi connectivity index (χ3v) is 38.4. The molecule has 138 heavy (non-hydrogen) atoms. The average Bonchev–Trinajstić information content (AvgIpc) is 1.52. The van der Waals surface area contributed by atoms with Crippen LogP contribution < -0.4 is 0 Å². The molecule has 0 bridgehead atoms. The largest absolute Gasteiger partial charge is 0.378 e. The molecule has 0 amide bonds. The molecule has 20 heteroatoms. The quantitative estimate of drug-likeness (QED) is 0.0532. The first kappa shape index (κ1) is 117. The summed E-state index contributed by atoms with van der Waals surface area (Å²) >= 11 is 0. The molecule has 20 nitrogen and oxygen atoms in total. The van der Waals surface area contributed by atoms with Crippen molar-refractivity contribution in [2.75, 3.05) is 290 Å². The van der Waals surface area contributed by atoms with Crippen LogP contribution >= 0.6 is 0 Å². The Morgan fingerprint density at radius 2 is 0.449 bits per heavy atom. The van der Waals surface area contributed by atoms with Crippen molar-refractivity contribution < 1.29 is 66.3 Å². The van der Waals surface area contributed by atoms with E-state index >= 15 is 0 Å². The first-order valence-electron chi connectivity index (χ1n) is 60.0. The molecule has 0 aromatic heterocycles. The Bertz CT molecular complexity index is 2760. The van der Waals surface area contributed by atoms with E-state index in [1.807, 2.05) is 0 Å². The van der Waals surface area contributed by atoms with Crippen LogP contribution in [0, 0.1) is 105 Å². The van der Waals surface area contributed by atoms with Gasteiger partial charge in [0.25, 0.3) is 0 Å². The molecule has 3 aliphatic heterocycles. The summed E-state index contributed by atoms with van der Waals surface area (Å²) < 4.78 is 87.5. The van der Waals surface area contributed by atoms with Crippen LogP contribution in [0.5, 0.6) is 0 Å². The van der Waals surface area contributed by atoms with Crippen LogP contribution in [-0.4, -0.2) is 331 Å². The summed E-state index contributed by atoms with van der Waals surface area (Å²) in [4.78, 5) is 15.1. The first-order chi connectivity index (χ1) is 67.5. The predicted molar refractivity (Wildman–Crippen MR) is 566 cm³/mol. The SMILES string of the molecule is CC(C)CCC[C@@H](C)[C@H]1CC[C@H]2[C@@H]3CCC4CC(OCCN5CCOCCOCCN(CCCCCCCCCCCCN6CCOCCOCCN(CCCCCCCCCCCCN7CCOCCOCCN(CCOC8CC[C@@]9(C)C(CC[C@H]%10[C@@H]%11CC[C@H]([C@H](C)CCCC(C)C)[C@@]%11(C)CC[C@@H]%109)C8)CCOCCOCC7)CCOCCOCC6)CCOCCOCC5)CC[C@]4(C)[C@H]3CC[C@]12C. The average molecular weight is 1950 g/mol. The summed E-state index contributed by atoms with van der Waals surface area (Å²) in [6, 6.07) is 0. The minimum absolute atomic E-state index is 0.402. The van der Waals surface area contributed by atoms with Crippen molar-refractivity contribution in [3.8, 4) is 0 Å². The van der Waals surface area contributed by atoms with Gasteiger partial charge in [-0.2, -0.15) is 0 Å². The Morgan fingerprint density at radius 3 is 0.696 bits per heavy atom. The fourth-order valence-electron chi connectivity index (χ4n) is 29.9. The van der Waals surface area contributed by atoms with Gasteiger partial charge in [0.1, 0.15) is 0 Å². The number of rotatable bonds is 44. The number of fused-ring (bicyclic) bond motifs is 10. The molecular weight excluding hydrogens is 1730 g/mol. The maximum Gasteiger partial charge on any atom is 0.0701 e. The van der Waals surface area contributed by atoms with Gasteiger partial charge < -0.3 is 66.3 Å². The van der Waals surface area contributed by atoms with Crippen LogP contribution in [0.1, 0.15) is 352 Å². The van der Waals surface area contributed by atoms with Crippen LogP contribution in [0.3, 0.4) is 0 Å². The zero-order chi connectivity index (χ0) is 96.8. The van der Waals surface area contributed by atoms with E-state index in [4.69, 9.17) is 66.3 Å². The normalized spacial score (nSPS) is 33.3. The smallest absolute Gasteiger partial charge is 0.0701 e. The Labute approximate surface area is 849 Å². The summed E-state index contributed by atoms with van der Waals surface area (Å²) in [6.07, 6.45) is 60.8. The molecule has 4 unspecified atom stereocenters. The predicted octanol–water partition coefficient (Wildman–Crippen LogP) is 22.9. The van der Waals surface area contributed by atoms with Crippen LogP contribution in [-0.2, 0) is 66.3 Å². The van der Waals surface area contributed by atoms with Gasteiger partial charge in [-0.25, -0.2) is 0 Å². The van der Waals surface area contributed by atoms with E-state index in [2.05, 4.69) is 98.6 Å². The molecule has 11 fully saturated rings. The lowest BCUT2D eigenvalue weighted by Gasteiger charge is -2.61. The van der Waals surface area contributed by atoms with Gasteiger partial charge in [0, 0.05) is 91.6 Å². The summed E-state index contributed by atoms with van der Waals surface area (Å²) in [5, 5.41) is 0. The fraction of sp³-hybridized carbons (Fsp3) is 1.00. The summed E-state index contributed by atoms with van der Waals surface area (Å²) in [7, 11) is 0. The topological polar surface area (TPSA) is 149 Å². The first-order valence-corrected chi connectivity index (χ1v) is 60.0. The van der Waals surface area contributed by atoms with Gasteiger partial charge in [0.2, 0.25) is 0 Å². The molecule has 18 atom stereocenters. The second-order valence-corrected chi connectivity index (χ2v) is 48.4. The third-order valence-electron chi connectivity index (χ3n) is 38.4. The van der Waals surface area contributed by atoms with E-state index in [1.54, 1.807) is 0 Å². The van der Waals surface area contributed by atoms with E-state index in [9.17, 15) is 0 Å². The van der Waals surface area contributed by atoms with Crippen LogP contribution in [0.25, 0.3) is 0 Å². The zero-order valence-electron chi connectivity index (χ0n) is 91.9. The van der Waals surface area contributed by atoms with Gasteiger partial charge in [0.15, 0.2) is 0 Å². The highest BCUT2D eigenvalue weighted by molar-refractivity contribution is 5.12. The number of ether oxygens (including phenoxy) is 14. The fourth-order valence-corrected chi connectivity index (χ4v) is 29.9. The maximum absolute atomic E-state index is 6.82. The molecule has 0 spiro atoms. The van der Waals surface area contributed by atoms with Gasteiger partial charge in [-0.15, -0.1) is 0 Å². The highest BCUT2D eigenvalue weighted by Gasteiger charge is 2.63. The van der Waals surface area contributed by atoms with Crippen molar-refractivity contribution in [2.24, 2.45) is 105 Å². The molecule has 0 radical (unpaired) electrons. The lowest BCUT2D eigenvalue weighted by molar-refractivity contribution is -0.137. The highest BCUT2D eigenvalue weighted by atomic mass is 16.6. The number of nitrogens with zero attached hydrogens (tertiary/aromatic N) is 6. The van der Waals surface area contributed by atoms with Crippen LogP contribution in [0.15, 0.2) is 0 Å². The molecule has 0 aromatic carbocycles. The molecule has 3 saturated heterocycles. The minimum Gasteiger partial charge on any atom is -0.378 e. The van der Waals surface area contributed by atoms with E-state index < -0.39 is 0 Å². The molecule has 11 rings (SSSR count). The summed E-state index contributed by atoms with van der Waals surface area (Å²) in [5.41, 5.74) is 2.15. The third kappa shape index (κ3) is 41.2. The molecular formula is C118H222N6O14. The van der Waals surface area contributed by atoms with Gasteiger partial charge in [-0.05, 0) is 272 Å². The van der Waals surface area contributed by atoms with Crippen molar-refractivity contribution in [3.63, 3.8) is 0 Å². The van der Waals surface area contributed by atoms with Crippen molar-refractivity contribution in [1.82, 2.24) is 29.4 Å². The molecule has 808 valence electrons. The van der Waals surface area contributed by atoms with E-state index in [1.165, 1.54) is 283 Å². The maximum atomic E-state index is 6.82. The number of hydrogen-bond acceptors (Lipinski definition) is 20. The Balaban J connectivity index is 0.437. The van der Waals surface area contributed by atoms with Gasteiger partial charge in [-0.1, -0.05) is 210 Å². The Morgan fingerprint density at radius 1 is 0.225 bits per heavy atom. The van der Waals surface area contributed by atoms with Gasteiger partial charge >= 0.3 is 0 Å². The molecule has 8 aliphatic carbocycles. The zero-order valence-corrected chi connectivity index (χ0v) is 91.9. The van der Waals surface area contributed by atoms with Gasteiger partial charge in [-0.3, -0.25) is 29.4 Å². The van der Waals surface area contributed by atoms with Crippen molar-refractivity contribution in [1.29, 1.82) is 0 Å². The van der Waals surface area contributed by atoms with E-state index in [0.717, 1.165) is 267 Å². The molecule has 8 saturated carbocycles. The van der Waals surface area contributed by atoms with Crippen LogP contribution in [0.2, 0.25) is 0 Å². The van der Waals surface area contributed by atoms with E-state index in [0.29, 0.717) is 140 Å². The molecule has 0 N–H and O–H groups in total.